The first kappa shape index (κ1) is 25.1. The van der Waals surface area contributed by atoms with Gasteiger partial charge in [0.25, 0.3) is 0 Å². The average Bonchev–Trinajstić information content (AvgIpc) is 3.20. The van der Waals surface area contributed by atoms with Gasteiger partial charge in [-0.1, -0.05) is 62.3 Å². The SMILES string of the molecule is CCCCCN1CC=C[C@]23S[C@@H]4C=CCN(c5ccccc5)C(=O)[C@@H]4[C@H]2C(=O)N(CCCO)C3C1=O. The Labute approximate surface area is 217 Å². The van der Waals surface area contributed by atoms with Gasteiger partial charge in [-0.15, -0.1) is 11.8 Å². The number of likely N-dealkylation sites (tertiary alicyclic amines) is 1. The number of para-hydroxylation sites is 1. The maximum Gasteiger partial charge on any atom is 0.247 e. The molecule has 0 aromatic heterocycles. The minimum atomic E-state index is -0.793. The summed E-state index contributed by atoms with van der Waals surface area (Å²) in [4.78, 5) is 47.4. The summed E-state index contributed by atoms with van der Waals surface area (Å²) in [5, 5.41) is 9.36. The number of amides is 3. The molecule has 36 heavy (non-hydrogen) atoms. The molecule has 1 N–H and O–H groups in total. The van der Waals surface area contributed by atoms with Crippen LogP contribution in [-0.4, -0.2) is 81.5 Å². The van der Waals surface area contributed by atoms with Crippen molar-refractivity contribution in [2.45, 2.75) is 48.6 Å². The number of aliphatic hydroxyl groups is 1. The maximum absolute atomic E-state index is 14.1. The van der Waals surface area contributed by atoms with Crippen LogP contribution in [0.3, 0.4) is 0 Å². The highest BCUT2D eigenvalue weighted by Crippen LogP contribution is 2.61. The van der Waals surface area contributed by atoms with E-state index in [0.717, 1.165) is 24.9 Å². The van der Waals surface area contributed by atoms with Crippen molar-refractivity contribution in [1.29, 1.82) is 0 Å². The summed E-state index contributed by atoms with van der Waals surface area (Å²) < 4.78 is -0.793. The van der Waals surface area contributed by atoms with Gasteiger partial charge >= 0.3 is 0 Å². The second-order valence-electron chi connectivity index (χ2n) is 10.1. The van der Waals surface area contributed by atoms with E-state index in [1.807, 2.05) is 47.4 Å². The smallest absolute Gasteiger partial charge is 0.247 e. The van der Waals surface area contributed by atoms with E-state index in [4.69, 9.17) is 0 Å². The average molecular weight is 510 g/mol. The Bertz CT molecular complexity index is 1060. The van der Waals surface area contributed by atoms with E-state index in [-0.39, 0.29) is 29.6 Å². The minimum Gasteiger partial charge on any atom is -0.396 e. The van der Waals surface area contributed by atoms with E-state index in [2.05, 4.69) is 19.1 Å². The molecule has 1 spiro atoms. The lowest BCUT2D eigenvalue weighted by Crippen LogP contribution is -2.53. The zero-order valence-corrected chi connectivity index (χ0v) is 21.6. The first-order valence-corrected chi connectivity index (χ1v) is 14.0. The van der Waals surface area contributed by atoms with E-state index < -0.39 is 22.6 Å². The molecule has 4 aliphatic heterocycles. The van der Waals surface area contributed by atoms with E-state index in [1.54, 1.807) is 21.6 Å². The molecule has 8 heteroatoms. The van der Waals surface area contributed by atoms with Gasteiger partial charge in [0.05, 0.1) is 16.6 Å². The summed E-state index contributed by atoms with van der Waals surface area (Å²) in [5.74, 6) is -1.41. The number of aliphatic hydroxyl groups excluding tert-OH is 1. The highest BCUT2D eigenvalue weighted by Gasteiger charge is 2.70. The normalized spacial score (nSPS) is 31.4. The summed E-state index contributed by atoms with van der Waals surface area (Å²) in [6.07, 6.45) is 11.6. The van der Waals surface area contributed by atoms with Crippen LogP contribution < -0.4 is 4.90 Å². The first-order chi connectivity index (χ1) is 17.5. The van der Waals surface area contributed by atoms with Crippen molar-refractivity contribution >= 4 is 35.2 Å². The Balaban J connectivity index is 1.54. The van der Waals surface area contributed by atoms with Crippen molar-refractivity contribution < 1.29 is 19.5 Å². The Morgan fingerprint density at radius 2 is 1.78 bits per heavy atom. The number of carbonyl (C=O) groups excluding carboxylic acids is 3. The van der Waals surface area contributed by atoms with Gasteiger partial charge in [-0.05, 0) is 25.0 Å². The van der Waals surface area contributed by atoms with E-state index >= 15 is 0 Å². The number of hydrogen-bond acceptors (Lipinski definition) is 5. The summed E-state index contributed by atoms with van der Waals surface area (Å²) >= 11 is 1.61. The van der Waals surface area contributed by atoms with Crippen molar-refractivity contribution in [1.82, 2.24) is 9.80 Å². The van der Waals surface area contributed by atoms with Crippen LogP contribution in [0, 0.1) is 11.8 Å². The monoisotopic (exact) mass is 509 g/mol. The van der Waals surface area contributed by atoms with Crippen LogP contribution in [0.2, 0.25) is 0 Å². The number of rotatable bonds is 8. The molecule has 4 heterocycles. The van der Waals surface area contributed by atoms with Crippen LogP contribution >= 0.6 is 11.8 Å². The minimum absolute atomic E-state index is 0.0369. The Kier molecular flexibility index (Phi) is 7.26. The molecule has 0 radical (unpaired) electrons. The van der Waals surface area contributed by atoms with Crippen molar-refractivity contribution in [3.63, 3.8) is 0 Å². The van der Waals surface area contributed by atoms with E-state index in [1.165, 1.54) is 0 Å². The fourth-order valence-electron chi connectivity index (χ4n) is 6.26. The molecule has 2 saturated heterocycles. The van der Waals surface area contributed by atoms with Crippen LogP contribution in [0.1, 0.15) is 32.6 Å². The summed E-state index contributed by atoms with van der Waals surface area (Å²) in [6, 6.07) is 8.91. The fraction of sp³-hybridized carbons (Fsp3) is 0.536. The molecule has 1 aromatic rings. The van der Waals surface area contributed by atoms with Crippen LogP contribution in [0.5, 0.6) is 0 Å². The largest absolute Gasteiger partial charge is 0.396 e. The zero-order valence-electron chi connectivity index (χ0n) is 20.8. The number of anilines is 1. The van der Waals surface area contributed by atoms with Crippen LogP contribution in [0.15, 0.2) is 54.6 Å². The van der Waals surface area contributed by atoms with Crippen molar-refractivity contribution in [2.24, 2.45) is 11.8 Å². The standard InChI is InChI=1S/C28H35N3O4S/c1-2-3-7-15-29-16-9-14-28-23(26(34)31(18-10-19-32)24(28)27(29)35)22-21(36-28)13-8-17-30(25(22)33)20-11-5-4-6-12-20/h4-6,8-9,11-14,21-24,32H,2-3,7,10,15-19H2,1H3/t21-,22+,23+,24?,28+/m1/s1. The lowest BCUT2D eigenvalue weighted by atomic mass is 9.78. The topological polar surface area (TPSA) is 81.2 Å². The number of carbonyl (C=O) groups is 3. The Morgan fingerprint density at radius 1 is 0.972 bits per heavy atom. The molecule has 1 aromatic carbocycles. The Hall–Kier alpha value is -2.58. The predicted octanol–water partition coefficient (Wildman–Crippen LogP) is 2.86. The van der Waals surface area contributed by atoms with Gasteiger partial charge in [0.1, 0.15) is 6.04 Å². The van der Waals surface area contributed by atoms with Gasteiger partial charge in [0, 0.05) is 43.7 Å². The van der Waals surface area contributed by atoms with Crippen molar-refractivity contribution in [3.05, 3.63) is 54.6 Å². The fourth-order valence-corrected chi connectivity index (χ4v) is 8.27. The molecule has 4 aliphatic rings. The van der Waals surface area contributed by atoms with Gasteiger partial charge in [0.15, 0.2) is 0 Å². The van der Waals surface area contributed by atoms with Gasteiger partial charge in [0.2, 0.25) is 17.7 Å². The molecule has 0 bridgehead atoms. The molecule has 0 saturated carbocycles. The summed E-state index contributed by atoms with van der Waals surface area (Å²) in [7, 11) is 0. The number of nitrogens with zero attached hydrogens (tertiary/aromatic N) is 3. The van der Waals surface area contributed by atoms with Gasteiger partial charge in [-0.25, -0.2) is 0 Å². The second kappa shape index (κ2) is 10.4. The lowest BCUT2D eigenvalue weighted by molar-refractivity contribution is -0.142. The molecular weight excluding hydrogens is 474 g/mol. The van der Waals surface area contributed by atoms with E-state index in [9.17, 15) is 19.5 Å². The predicted molar refractivity (Wildman–Crippen MR) is 141 cm³/mol. The van der Waals surface area contributed by atoms with Crippen LogP contribution in [0.4, 0.5) is 5.69 Å². The molecule has 0 aliphatic carbocycles. The number of thioether (sulfide) groups is 1. The number of benzene rings is 1. The van der Waals surface area contributed by atoms with Gasteiger partial charge < -0.3 is 19.8 Å². The van der Waals surface area contributed by atoms with Crippen LogP contribution in [0.25, 0.3) is 0 Å². The summed E-state index contributed by atoms with van der Waals surface area (Å²) in [5.41, 5.74) is 0.812. The molecule has 5 atom stereocenters. The third kappa shape index (κ3) is 4.08. The lowest BCUT2D eigenvalue weighted by Gasteiger charge is -2.35. The molecule has 192 valence electrons. The maximum atomic E-state index is 14.1. The first-order valence-electron chi connectivity index (χ1n) is 13.1. The third-order valence-corrected chi connectivity index (χ3v) is 9.64. The molecule has 7 nitrogen and oxygen atoms in total. The molecule has 5 rings (SSSR count). The molecule has 2 fully saturated rings. The summed E-state index contributed by atoms with van der Waals surface area (Å²) in [6.45, 7) is 4.03. The van der Waals surface area contributed by atoms with Gasteiger partial charge in [-0.2, -0.15) is 0 Å². The quantitative estimate of drug-likeness (QED) is 0.431. The van der Waals surface area contributed by atoms with E-state index in [0.29, 0.717) is 32.6 Å². The molecule has 3 amide bonds. The number of hydrogen-bond donors (Lipinski definition) is 1. The zero-order chi connectivity index (χ0) is 25.3. The second-order valence-corrected chi connectivity index (χ2v) is 11.5. The molecule has 1 unspecified atom stereocenters. The van der Waals surface area contributed by atoms with Crippen molar-refractivity contribution in [2.75, 3.05) is 37.7 Å². The van der Waals surface area contributed by atoms with Gasteiger partial charge in [-0.3, -0.25) is 14.4 Å². The Morgan fingerprint density at radius 3 is 2.53 bits per heavy atom. The number of fused-ring (bicyclic) bond motifs is 2. The highest BCUT2D eigenvalue weighted by atomic mass is 32.2. The highest BCUT2D eigenvalue weighted by molar-refractivity contribution is 8.02. The number of unbranched alkanes of at least 4 members (excludes halogenated alkanes) is 2. The van der Waals surface area contributed by atoms with Crippen molar-refractivity contribution in [3.8, 4) is 0 Å². The van der Waals surface area contributed by atoms with Crippen LogP contribution in [-0.2, 0) is 14.4 Å². The molecular formula is C28H35N3O4S. The third-order valence-electron chi connectivity index (χ3n) is 7.90.